The van der Waals surface area contributed by atoms with E-state index in [0.29, 0.717) is 0 Å². The zero-order chi connectivity index (χ0) is 14.5. The summed E-state index contributed by atoms with van der Waals surface area (Å²) in [5.41, 5.74) is 0. The zero-order valence-corrected chi connectivity index (χ0v) is 16.0. The monoisotopic (exact) mass is 423 g/mol. The van der Waals surface area contributed by atoms with Crippen LogP contribution in [-0.4, -0.2) is 63.0 Å². The first-order valence-electron chi connectivity index (χ1n) is 8.55. The van der Waals surface area contributed by atoms with E-state index >= 15 is 0 Å². The molecule has 0 radical (unpaired) electrons. The summed E-state index contributed by atoms with van der Waals surface area (Å²) in [5, 5.41) is 3.51. The predicted molar refractivity (Wildman–Crippen MR) is 99.0 cm³/mol. The lowest BCUT2D eigenvalue weighted by Crippen LogP contribution is -2.53. The second kappa shape index (κ2) is 9.27. The molecule has 0 aromatic heterocycles. The van der Waals surface area contributed by atoms with Gasteiger partial charge in [-0.05, 0) is 31.6 Å². The molecule has 0 spiro atoms. The fourth-order valence-corrected chi connectivity index (χ4v) is 3.32. The Kier molecular flexibility index (Phi) is 7.70. The first-order valence-corrected chi connectivity index (χ1v) is 8.55. The SMILES string of the molecule is CN=C(NCCCC1CC1)N1CCOC(C2CCCO2)C1.I. The molecule has 3 aliphatic rings. The van der Waals surface area contributed by atoms with E-state index in [0.717, 1.165) is 51.1 Å². The largest absolute Gasteiger partial charge is 0.375 e. The molecule has 0 bridgehead atoms. The number of hydrogen-bond acceptors (Lipinski definition) is 3. The molecule has 2 unspecified atom stereocenters. The van der Waals surface area contributed by atoms with Crippen molar-refractivity contribution in [3.05, 3.63) is 0 Å². The van der Waals surface area contributed by atoms with Gasteiger partial charge in [-0.15, -0.1) is 24.0 Å². The molecule has 3 rings (SSSR count). The fraction of sp³-hybridized carbons (Fsp3) is 0.938. The molecule has 5 nitrogen and oxygen atoms in total. The summed E-state index contributed by atoms with van der Waals surface area (Å²) in [6.07, 6.45) is 8.29. The van der Waals surface area contributed by atoms with Gasteiger partial charge in [-0.25, -0.2) is 0 Å². The van der Waals surface area contributed by atoms with Gasteiger partial charge >= 0.3 is 0 Å². The van der Waals surface area contributed by atoms with Gasteiger partial charge in [-0.3, -0.25) is 4.99 Å². The Morgan fingerprint density at radius 1 is 1.18 bits per heavy atom. The van der Waals surface area contributed by atoms with Gasteiger partial charge in [0.1, 0.15) is 6.10 Å². The minimum Gasteiger partial charge on any atom is -0.375 e. The van der Waals surface area contributed by atoms with Crippen LogP contribution in [-0.2, 0) is 9.47 Å². The molecule has 6 heteroatoms. The van der Waals surface area contributed by atoms with Crippen molar-refractivity contribution in [2.45, 2.75) is 50.7 Å². The summed E-state index contributed by atoms with van der Waals surface area (Å²) in [6.45, 7) is 4.51. The Morgan fingerprint density at radius 3 is 2.68 bits per heavy atom. The van der Waals surface area contributed by atoms with Crippen molar-refractivity contribution in [3.8, 4) is 0 Å². The van der Waals surface area contributed by atoms with Crippen LogP contribution in [0.3, 0.4) is 0 Å². The number of guanidine groups is 1. The normalized spacial score (nSPS) is 29.3. The Labute approximate surface area is 151 Å². The van der Waals surface area contributed by atoms with Crippen LogP contribution >= 0.6 is 24.0 Å². The number of nitrogens with one attached hydrogen (secondary N) is 1. The molecule has 0 aromatic carbocycles. The summed E-state index contributed by atoms with van der Waals surface area (Å²) in [5.74, 6) is 2.04. The van der Waals surface area contributed by atoms with E-state index in [1.807, 2.05) is 7.05 Å². The topological polar surface area (TPSA) is 46.1 Å². The van der Waals surface area contributed by atoms with Gasteiger partial charge in [0.15, 0.2) is 5.96 Å². The van der Waals surface area contributed by atoms with Gasteiger partial charge in [0.05, 0.1) is 12.7 Å². The van der Waals surface area contributed by atoms with Crippen LogP contribution in [0, 0.1) is 5.92 Å². The third kappa shape index (κ3) is 5.23. The summed E-state index contributed by atoms with van der Waals surface area (Å²) >= 11 is 0. The fourth-order valence-electron chi connectivity index (χ4n) is 3.32. The molecule has 22 heavy (non-hydrogen) atoms. The summed E-state index contributed by atoms with van der Waals surface area (Å²) in [4.78, 5) is 6.77. The lowest BCUT2D eigenvalue weighted by Gasteiger charge is -2.37. The average Bonchev–Trinajstić information content (AvgIpc) is 3.18. The Balaban J connectivity index is 0.00000176. The number of hydrogen-bond donors (Lipinski definition) is 1. The Morgan fingerprint density at radius 2 is 2.00 bits per heavy atom. The van der Waals surface area contributed by atoms with Crippen molar-refractivity contribution in [2.75, 3.05) is 39.9 Å². The second-order valence-electron chi connectivity index (χ2n) is 6.47. The van der Waals surface area contributed by atoms with Gasteiger partial charge in [-0.2, -0.15) is 0 Å². The third-order valence-electron chi connectivity index (χ3n) is 4.75. The quantitative estimate of drug-likeness (QED) is 0.319. The molecule has 0 aromatic rings. The molecule has 1 aliphatic carbocycles. The molecule has 2 aliphatic heterocycles. The molecule has 1 saturated carbocycles. The van der Waals surface area contributed by atoms with E-state index in [1.165, 1.54) is 32.1 Å². The first-order chi connectivity index (χ1) is 10.4. The standard InChI is InChI=1S/C16H29N3O2.HI/c1-17-16(18-8-2-4-13-6-7-13)19-9-11-21-15(12-19)14-5-3-10-20-14;/h13-15H,2-12H2,1H3,(H,17,18);1H. The predicted octanol–water partition coefficient (Wildman–Crippen LogP) is 2.25. The highest BCUT2D eigenvalue weighted by Gasteiger charge is 2.32. The molecular formula is C16H30IN3O2. The van der Waals surface area contributed by atoms with Crippen LogP contribution in [0.2, 0.25) is 0 Å². The van der Waals surface area contributed by atoms with E-state index in [2.05, 4.69) is 15.2 Å². The van der Waals surface area contributed by atoms with Crippen LogP contribution in [0.5, 0.6) is 0 Å². The maximum Gasteiger partial charge on any atom is 0.193 e. The van der Waals surface area contributed by atoms with E-state index < -0.39 is 0 Å². The maximum absolute atomic E-state index is 5.90. The van der Waals surface area contributed by atoms with Crippen LogP contribution in [0.25, 0.3) is 0 Å². The number of halogens is 1. The molecule has 128 valence electrons. The lowest BCUT2D eigenvalue weighted by molar-refractivity contribution is -0.0816. The highest BCUT2D eigenvalue weighted by Crippen LogP contribution is 2.33. The second-order valence-corrected chi connectivity index (χ2v) is 6.47. The average molecular weight is 423 g/mol. The van der Waals surface area contributed by atoms with Crippen molar-refractivity contribution in [1.29, 1.82) is 0 Å². The van der Waals surface area contributed by atoms with Crippen molar-refractivity contribution in [1.82, 2.24) is 10.2 Å². The zero-order valence-electron chi connectivity index (χ0n) is 13.6. The van der Waals surface area contributed by atoms with Crippen molar-refractivity contribution < 1.29 is 9.47 Å². The van der Waals surface area contributed by atoms with Crippen LogP contribution in [0.1, 0.15) is 38.5 Å². The van der Waals surface area contributed by atoms with Crippen molar-refractivity contribution in [3.63, 3.8) is 0 Å². The molecule has 1 N–H and O–H groups in total. The van der Waals surface area contributed by atoms with Gasteiger partial charge in [0, 0.05) is 33.3 Å². The van der Waals surface area contributed by atoms with Crippen LogP contribution in [0.4, 0.5) is 0 Å². The number of morpholine rings is 1. The van der Waals surface area contributed by atoms with Crippen LogP contribution in [0.15, 0.2) is 4.99 Å². The first kappa shape index (κ1) is 18.3. The Bertz CT molecular complexity index is 357. The Hall–Kier alpha value is -0.0800. The van der Waals surface area contributed by atoms with Gasteiger partial charge in [-0.1, -0.05) is 12.8 Å². The van der Waals surface area contributed by atoms with Crippen molar-refractivity contribution >= 4 is 29.9 Å². The highest BCUT2D eigenvalue weighted by atomic mass is 127. The maximum atomic E-state index is 5.90. The van der Waals surface area contributed by atoms with E-state index in [-0.39, 0.29) is 36.2 Å². The molecule has 2 atom stereocenters. The van der Waals surface area contributed by atoms with Gasteiger partial charge < -0.3 is 19.7 Å². The number of aliphatic imine (C=N–C) groups is 1. The van der Waals surface area contributed by atoms with E-state index in [1.54, 1.807) is 0 Å². The molecule has 0 amide bonds. The van der Waals surface area contributed by atoms with Gasteiger partial charge in [0.2, 0.25) is 0 Å². The van der Waals surface area contributed by atoms with Crippen molar-refractivity contribution in [2.24, 2.45) is 10.9 Å². The van der Waals surface area contributed by atoms with Gasteiger partial charge in [0.25, 0.3) is 0 Å². The molecule has 2 saturated heterocycles. The summed E-state index contributed by atoms with van der Waals surface area (Å²) < 4.78 is 11.7. The molecular weight excluding hydrogens is 393 g/mol. The summed E-state index contributed by atoms with van der Waals surface area (Å²) in [6, 6.07) is 0. The number of rotatable bonds is 5. The van der Waals surface area contributed by atoms with E-state index in [4.69, 9.17) is 9.47 Å². The van der Waals surface area contributed by atoms with E-state index in [9.17, 15) is 0 Å². The minimum atomic E-state index is 0. The lowest BCUT2D eigenvalue weighted by atomic mass is 10.1. The number of ether oxygens (including phenoxy) is 2. The number of nitrogens with zero attached hydrogens (tertiary/aromatic N) is 2. The highest BCUT2D eigenvalue weighted by molar-refractivity contribution is 14.0. The summed E-state index contributed by atoms with van der Waals surface area (Å²) in [7, 11) is 1.87. The molecule has 2 heterocycles. The smallest absolute Gasteiger partial charge is 0.193 e. The minimum absolute atomic E-state index is 0. The van der Waals surface area contributed by atoms with Crippen LogP contribution < -0.4 is 5.32 Å². The third-order valence-corrected chi connectivity index (χ3v) is 4.75. The molecule has 3 fully saturated rings.